The number of sulfonamides is 1. The molecule has 1 aromatic heterocycles. The number of nitrogens with one attached hydrogen (secondary N) is 1. The van der Waals surface area contributed by atoms with Crippen LogP contribution in [0.2, 0.25) is 0 Å². The Morgan fingerprint density at radius 2 is 1.62 bits per heavy atom. The number of ether oxygens (including phenoxy) is 2. The van der Waals surface area contributed by atoms with Crippen molar-refractivity contribution in [2.24, 2.45) is 5.14 Å². The molecule has 10 heteroatoms. The van der Waals surface area contributed by atoms with Gasteiger partial charge in [-0.05, 0) is 55.3 Å². The molecule has 0 bridgehead atoms. The van der Waals surface area contributed by atoms with Gasteiger partial charge in [-0.2, -0.15) is 0 Å². The van der Waals surface area contributed by atoms with Crippen LogP contribution in [0.4, 0.5) is 0 Å². The summed E-state index contributed by atoms with van der Waals surface area (Å²) in [4.78, 5) is 24.7. The molecular weight excluding hydrogens is 458 g/mol. The van der Waals surface area contributed by atoms with Gasteiger partial charge >= 0.3 is 5.97 Å². The molecule has 0 unspecified atom stereocenters. The van der Waals surface area contributed by atoms with Crippen LogP contribution in [-0.2, 0) is 32.6 Å². The molecule has 3 N–H and O–H groups in total. The van der Waals surface area contributed by atoms with E-state index in [9.17, 15) is 18.0 Å². The van der Waals surface area contributed by atoms with Crippen LogP contribution < -0.4 is 15.2 Å². The first-order chi connectivity index (χ1) is 16.1. The van der Waals surface area contributed by atoms with Gasteiger partial charge in [0.05, 0.1) is 17.6 Å². The number of aromatic nitrogens is 1. The predicted molar refractivity (Wildman–Crippen MR) is 126 cm³/mol. The number of nitrogens with two attached hydrogens (primary N) is 1. The van der Waals surface area contributed by atoms with Crippen LogP contribution in [0.1, 0.15) is 32.9 Å². The van der Waals surface area contributed by atoms with Gasteiger partial charge < -0.3 is 19.4 Å². The fraction of sp³-hybridized carbons (Fsp3) is 0.250. The highest BCUT2D eigenvalue weighted by Gasteiger charge is 2.18. The molecule has 34 heavy (non-hydrogen) atoms. The Hall–Kier alpha value is -3.63. The summed E-state index contributed by atoms with van der Waals surface area (Å²) in [5.41, 5.74) is 3.59. The van der Waals surface area contributed by atoms with Crippen molar-refractivity contribution in [2.75, 3.05) is 13.7 Å². The molecule has 0 radical (unpaired) electrons. The van der Waals surface area contributed by atoms with Crippen molar-refractivity contribution < 1.29 is 27.5 Å². The molecule has 180 valence electrons. The molecule has 9 nitrogen and oxygen atoms in total. The van der Waals surface area contributed by atoms with Crippen molar-refractivity contribution >= 4 is 21.9 Å². The molecule has 0 atom stereocenters. The third kappa shape index (κ3) is 6.24. The van der Waals surface area contributed by atoms with Crippen LogP contribution >= 0.6 is 0 Å². The van der Waals surface area contributed by atoms with E-state index < -0.39 is 28.5 Å². The zero-order valence-electron chi connectivity index (χ0n) is 19.2. The number of rotatable bonds is 9. The summed E-state index contributed by atoms with van der Waals surface area (Å²) in [6.07, 6.45) is 0. The van der Waals surface area contributed by atoms with E-state index in [2.05, 4.69) is 5.32 Å². The Morgan fingerprint density at radius 3 is 2.21 bits per heavy atom. The van der Waals surface area contributed by atoms with E-state index in [4.69, 9.17) is 14.6 Å². The van der Waals surface area contributed by atoms with Crippen molar-refractivity contribution in [3.05, 3.63) is 82.7 Å². The first-order valence-electron chi connectivity index (χ1n) is 10.4. The van der Waals surface area contributed by atoms with Crippen LogP contribution in [0.3, 0.4) is 0 Å². The van der Waals surface area contributed by atoms with E-state index >= 15 is 0 Å². The highest BCUT2D eigenvalue weighted by Crippen LogP contribution is 2.19. The topological polar surface area (TPSA) is 130 Å². The van der Waals surface area contributed by atoms with Crippen LogP contribution in [0.25, 0.3) is 0 Å². The lowest BCUT2D eigenvalue weighted by Crippen LogP contribution is -2.28. The van der Waals surface area contributed by atoms with Gasteiger partial charge in [-0.1, -0.05) is 24.3 Å². The smallest absolute Gasteiger partial charge is 0.340 e. The van der Waals surface area contributed by atoms with Gasteiger partial charge in [0.1, 0.15) is 5.75 Å². The summed E-state index contributed by atoms with van der Waals surface area (Å²) in [6.45, 7) is 3.97. The molecule has 0 saturated heterocycles. The van der Waals surface area contributed by atoms with Crippen molar-refractivity contribution in [1.29, 1.82) is 0 Å². The first kappa shape index (κ1) is 25.0. The standard InChI is InChI=1S/C24H27N3O6S/c1-16-12-22(17(2)27(16)14-19-6-10-21(11-7-19)34(25,30)31)24(29)33-15-23(28)26-13-18-4-8-20(32-3)9-5-18/h4-12H,13-15H2,1-3H3,(H,26,28)(H2,25,30,31). The number of carbonyl (C=O) groups excluding carboxylic acids is 2. The molecule has 3 aromatic rings. The Bertz CT molecular complexity index is 1280. The first-order valence-corrected chi connectivity index (χ1v) is 12.0. The molecule has 0 saturated carbocycles. The van der Waals surface area contributed by atoms with E-state index in [1.165, 1.54) is 12.1 Å². The number of benzene rings is 2. The Kier molecular flexibility index (Phi) is 7.75. The highest BCUT2D eigenvalue weighted by atomic mass is 32.2. The summed E-state index contributed by atoms with van der Waals surface area (Å²) in [5.74, 6) is -0.279. The fourth-order valence-corrected chi connectivity index (χ4v) is 3.94. The van der Waals surface area contributed by atoms with Crippen LogP contribution in [0, 0.1) is 13.8 Å². The number of carbonyl (C=O) groups is 2. The van der Waals surface area contributed by atoms with Crippen molar-refractivity contribution in [3.8, 4) is 5.75 Å². The molecule has 0 aliphatic rings. The summed E-state index contributed by atoms with van der Waals surface area (Å²) < 4.78 is 35.1. The number of primary sulfonamides is 1. The number of esters is 1. The SMILES string of the molecule is COc1ccc(CNC(=O)COC(=O)c2cc(C)n(Cc3ccc(S(N)(=O)=O)cc3)c2C)cc1. The van der Waals surface area contributed by atoms with Crippen molar-refractivity contribution in [3.63, 3.8) is 0 Å². The second kappa shape index (κ2) is 10.5. The monoisotopic (exact) mass is 485 g/mol. The predicted octanol–water partition coefficient (Wildman–Crippen LogP) is 2.28. The quantitative estimate of drug-likeness (QED) is 0.447. The molecular formula is C24H27N3O6S. The number of nitrogens with zero attached hydrogens (tertiary/aromatic N) is 1. The molecule has 0 spiro atoms. The number of hydrogen-bond donors (Lipinski definition) is 2. The van der Waals surface area contributed by atoms with E-state index in [1.807, 2.05) is 23.6 Å². The zero-order chi connectivity index (χ0) is 24.9. The minimum absolute atomic E-state index is 0.0340. The Labute approximate surface area is 198 Å². The van der Waals surface area contributed by atoms with Gasteiger partial charge in [0.15, 0.2) is 6.61 Å². The van der Waals surface area contributed by atoms with Gasteiger partial charge in [0.2, 0.25) is 10.0 Å². The molecule has 1 heterocycles. The second-order valence-electron chi connectivity index (χ2n) is 7.76. The van der Waals surface area contributed by atoms with E-state index in [0.29, 0.717) is 24.3 Å². The van der Waals surface area contributed by atoms with Crippen LogP contribution in [0.5, 0.6) is 5.75 Å². The minimum atomic E-state index is -3.76. The lowest BCUT2D eigenvalue weighted by molar-refractivity contribution is -0.124. The maximum atomic E-state index is 12.6. The van der Waals surface area contributed by atoms with Gasteiger partial charge in [-0.25, -0.2) is 18.4 Å². The van der Waals surface area contributed by atoms with E-state index in [0.717, 1.165) is 22.6 Å². The number of aryl methyl sites for hydroxylation is 1. The summed E-state index contributed by atoms with van der Waals surface area (Å²) in [7, 11) is -2.18. The lowest BCUT2D eigenvalue weighted by Gasteiger charge is -2.11. The van der Waals surface area contributed by atoms with Gasteiger partial charge in [0.25, 0.3) is 5.91 Å². The zero-order valence-corrected chi connectivity index (χ0v) is 20.0. The highest BCUT2D eigenvalue weighted by molar-refractivity contribution is 7.89. The Morgan fingerprint density at radius 1 is 1.00 bits per heavy atom. The van der Waals surface area contributed by atoms with Crippen LogP contribution in [-0.4, -0.2) is 38.6 Å². The third-order valence-electron chi connectivity index (χ3n) is 5.37. The summed E-state index contributed by atoms with van der Waals surface area (Å²) in [6, 6.07) is 15.2. The van der Waals surface area contributed by atoms with Crippen LogP contribution in [0.15, 0.2) is 59.5 Å². The average molecular weight is 486 g/mol. The molecule has 0 fully saturated rings. The van der Waals surface area contributed by atoms with Crippen molar-refractivity contribution in [2.45, 2.75) is 31.8 Å². The number of methoxy groups -OCH3 is 1. The fourth-order valence-electron chi connectivity index (χ4n) is 3.42. The third-order valence-corrected chi connectivity index (χ3v) is 6.30. The van der Waals surface area contributed by atoms with Gasteiger partial charge in [-0.15, -0.1) is 0 Å². The Balaban J connectivity index is 1.58. The maximum absolute atomic E-state index is 12.6. The number of amides is 1. The second-order valence-corrected chi connectivity index (χ2v) is 9.32. The number of hydrogen-bond acceptors (Lipinski definition) is 6. The van der Waals surface area contributed by atoms with E-state index in [1.54, 1.807) is 44.4 Å². The molecule has 2 aromatic carbocycles. The average Bonchev–Trinajstić information content (AvgIpc) is 3.09. The maximum Gasteiger partial charge on any atom is 0.340 e. The normalized spacial score (nSPS) is 11.2. The lowest BCUT2D eigenvalue weighted by atomic mass is 10.2. The summed E-state index contributed by atoms with van der Waals surface area (Å²) >= 11 is 0. The molecule has 3 rings (SSSR count). The summed E-state index contributed by atoms with van der Waals surface area (Å²) in [5, 5.41) is 7.84. The van der Waals surface area contributed by atoms with Crippen molar-refractivity contribution in [1.82, 2.24) is 9.88 Å². The minimum Gasteiger partial charge on any atom is -0.497 e. The van der Waals surface area contributed by atoms with E-state index in [-0.39, 0.29) is 4.90 Å². The van der Waals surface area contributed by atoms with Gasteiger partial charge in [-0.3, -0.25) is 4.79 Å². The molecule has 1 amide bonds. The molecule has 0 aliphatic carbocycles. The van der Waals surface area contributed by atoms with Gasteiger partial charge in [0, 0.05) is 24.5 Å². The molecule has 0 aliphatic heterocycles. The largest absolute Gasteiger partial charge is 0.497 e.